The van der Waals surface area contributed by atoms with E-state index in [0.717, 1.165) is 25.4 Å². The second kappa shape index (κ2) is 2.51. The van der Waals surface area contributed by atoms with Crippen molar-refractivity contribution in [2.45, 2.75) is 31.9 Å². The molecule has 2 aliphatic heterocycles. The Morgan fingerprint density at radius 3 is 2.90 bits per heavy atom. The number of rotatable bonds is 0. The Balaban J connectivity index is 2.00. The Morgan fingerprint density at radius 2 is 2.10 bits per heavy atom. The summed E-state index contributed by atoms with van der Waals surface area (Å²) in [5.74, 6) is 0.900. The van der Waals surface area contributed by atoms with Gasteiger partial charge in [-0.15, -0.1) is 0 Å². The number of aliphatic hydroxyl groups is 1. The third kappa shape index (κ3) is 1.06. The van der Waals surface area contributed by atoms with Crippen LogP contribution < -0.4 is 0 Å². The van der Waals surface area contributed by atoms with Gasteiger partial charge >= 0.3 is 0 Å². The third-order valence-electron chi connectivity index (χ3n) is 2.81. The molecule has 3 unspecified atom stereocenters. The molecule has 2 heterocycles. The highest BCUT2D eigenvalue weighted by atomic mass is 16.3. The molecule has 2 saturated heterocycles. The van der Waals surface area contributed by atoms with Crippen LogP contribution in [-0.4, -0.2) is 29.3 Å². The van der Waals surface area contributed by atoms with Gasteiger partial charge in [0.2, 0.25) is 0 Å². The van der Waals surface area contributed by atoms with Gasteiger partial charge in [-0.25, -0.2) is 0 Å². The largest absolute Gasteiger partial charge is 0.378 e. The van der Waals surface area contributed by atoms with E-state index in [-0.39, 0.29) is 6.23 Å². The smallest absolute Gasteiger partial charge is 0.107 e. The predicted molar refractivity (Wildman–Crippen MR) is 39.5 cm³/mol. The van der Waals surface area contributed by atoms with Crippen molar-refractivity contribution in [3.63, 3.8) is 0 Å². The molecule has 3 atom stereocenters. The van der Waals surface area contributed by atoms with Gasteiger partial charge in [0.25, 0.3) is 0 Å². The van der Waals surface area contributed by atoms with Gasteiger partial charge in [0.05, 0.1) is 0 Å². The number of aliphatic hydroxyl groups excluding tert-OH is 1. The van der Waals surface area contributed by atoms with Gasteiger partial charge in [0.1, 0.15) is 6.23 Å². The van der Waals surface area contributed by atoms with Gasteiger partial charge in [-0.05, 0) is 31.6 Å². The maximum atomic E-state index is 9.45. The van der Waals surface area contributed by atoms with Crippen molar-refractivity contribution in [2.75, 3.05) is 13.1 Å². The van der Waals surface area contributed by atoms with E-state index in [2.05, 4.69) is 4.90 Å². The van der Waals surface area contributed by atoms with E-state index in [1.807, 2.05) is 0 Å². The van der Waals surface area contributed by atoms with E-state index in [9.17, 15) is 5.11 Å². The SMILES string of the molecule is OC1CCC2CCCN1C2. The fourth-order valence-electron chi connectivity index (χ4n) is 2.17. The standard InChI is InChI=1S/C8H15NO/c10-8-4-3-7-2-1-5-9(8)6-7/h7-8,10H,1-6H2. The van der Waals surface area contributed by atoms with Crippen molar-refractivity contribution in [1.82, 2.24) is 4.90 Å². The predicted octanol–water partition coefficient (Wildman–Crippen LogP) is 0.811. The molecule has 58 valence electrons. The molecule has 1 N–H and O–H groups in total. The van der Waals surface area contributed by atoms with E-state index >= 15 is 0 Å². The molecule has 0 aromatic heterocycles. The number of fused-ring (bicyclic) bond motifs is 2. The maximum absolute atomic E-state index is 9.45. The first-order chi connectivity index (χ1) is 4.86. The first kappa shape index (κ1) is 6.62. The molecule has 0 spiro atoms. The molecule has 2 rings (SSSR count). The van der Waals surface area contributed by atoms with Crippen LogP contribution in [-0.2, 0) is 0 Å². The van der Waals surface area contributed by atoms with Gasteiger partial charge in [0.15, 0.2) is 0 Å². The zero-order valence-corrected chi connectivity index (χ0v) is 6.29. The summed E-state index contributed by atoms with van der Waals surface area (Å²) in [6.07, 6.45) is 4.82. The summed E-state index contributed by atoms with van der Waals surface area (Å²) < 4.78 is 0. The molecular weight excluding hydrogens is 126 g/mol. The van der Waals surface area contributed by atoms with Gasteiger partial charge in [-0.2, -0.15) is 0 Å². The van der Waals surface area contributed by atoms with Gasteiger partial charge < -0.3 is 5.11 Å². The molecule has 2 bridgehead atoms. The summed E-state index contributed by atoms with van der Waals surface area (Å²) in [5, 5.41) is 9.45. The quantitative estimate of drug-likeness (QED) is 0.539. The number of nitrogens with zero attached hydrogens (tertiary/aromatic N) is 1. The Labute approximate surface area is 61.8 Å². The van der Waals surface area contributed by atoms with Crippen LogP contribution in [0.15, 0.2) is 0 Å². The fourth-order valence-corrected chi connectivity index (χ4v) is 2.17. The molecule has 0 aromatic carbocycles. The lowest BCUT2D eigenvalue weighted by Gasteiger charge is -2.40. The molecule has 0 aliphatic carbocycles. The molecular formula is C8H15NO. The van der Waals surface area contributed by atoms with Crippen molar-refractivity contribution in [3.8, 4) is 0 Å². The Hall–Kier alpha value is -0.0800. The number of hydrogen-bond acceptors (Lipinski definition) is 2. The maximum Gasteiger partial charge on any atom is 0.107 e. The van der Waals surface area contributed by atoms with E-state index in [1.165, 1.54) is 19.3 Å². The summed E-state index contributed by atoms with van der Waals surface area (Å²) in [6.45, 7) is 2.28. The molecule has 0 aromatic rings. The zero-order chi connectivity index (χ0) is 6.97. The van der Waals surface area contributed by atoms with Crippen molar-refractivity contribution in [2.24, 2.45) is 5.92 Å². The summed E-state index contributed by atoms with van der Waals surface area (Å²) in [4.78, 5) is 2.22. The molecule has 0 saturated carbocycles. The highest BCUT2D eigenvalue weighted by Crippen LogP contribution is 2.28. The lowest BCUT2D eigenvalue weighted by Crippen LogP contribution is -2.46. The van der Waals surface area contributed by atoms with Crippen LogP contribution in [0.2, 0.25) is 0 Å². The van der Waals surface area contributed by atoms with Crippen molar-refractivity contribution >= 4 is 0 Å². The summed E-state index contributed by atoms with van der Waals surface area (Å²) >= 11 is 0. The van der Waals surface area contributed by atoms with Gasteiger partial charge in [-0.3, -0.25) is 4.90 Å². The van der Waals surface area contributed by atoms with Crippen molar-refractivity contribution in [3.05, 3.63) is 0 Å². The Bertz CT molecular complexity index is 124. The lowest BCUT2D eigenvalue weighted by molar-refractivity contribution is -0.0595. The van der Waals surface area contributed by atoms with Crippen LogP contribution in [0, 0.1) is 5.92 Å². The first-order valence-corrected chi connectivity index (χ1v) is 4.28. The van der Waals surface area contributed by atoms with Crippen molar-refractivity contribution < 1.29 is 5.11 Å². The van der Waals surface area contributed by atoms with Crippen LogP contribution >= 0.6 is 0 Å². The van der Waals surface area contributed by atoms with E-state index in [0.29, 0.717) is 0 Å². The average molecular weight is 141 g/mol. The van der Waals surface area contributed by atoms with Gasteiger partial charge in [0, 0.05) is 13.1 Å². The molecule has 2 nitrogen and oxygen atoms in total. The fraction of sp³-hybridized carbons (Fsp3) is 1.00. The van der Waals surface area contributed by atoms with Crippen LogP contribution in [0.3, 0.4) is 0 Å². The molecule has 2 heteroatoms. The minimum absolute atomic E-state index is 0.114. The monoisotopic (exact) mass is 141 g/mol. The molecule has 0 amide bonds. The van der Waals surface area contributed by atoms with Crippen LogP contribution in [0.25, 0.3) is 0 Å². The van der Waals surface area contributed by atoms with E-state index in [4.69, 9.17) is 0 Å². The Morgan fingerprint density at radius 1 is 1.20 bits per heavy atom. The van der Waals surface area contributed by atoms with Crippen LogP contribution in [0.4, 0.5) is 0 Å². The van der Waals surface area contributed by atoms with E-state index < -0.39 is 0 Å². The summed E-state index contributed by atoms with van der Waals surface area (Å²) in [7, 11) is 0. The molecule has 10 heavy (non-hydrogen) atoms. The molecule has 2 fully saturated rings. The minimum atomic E-state index is -0.114. The van der Waals surface area contributed by atoms with Crippen LogP contribution in [0.5, 0.6) is 0 Å². The number of piperidine rings is 2. The lowest BCUT2D eigenvalue weighted by atomic mass is 9.89. The first-order valence-electron chi connectivity index (χ1n) is 4.28. The van der Waals surface area contributed by atoms with Crippen LogP contribution in [0.1, 0.15) is 25.7 Å². The highest BCUT2D eigenvalue weighted by molar-refractivity contribution is 4.79. The minimum Gasteiger partial charge on any atom is -0.378 e. The second-order valence-electron chi connectivity index (χ2n) is 3.56. The topological polar surface area (TPSA) is 23.5 Å². The normalized spacial score (nSPS) is 47.1. The molecule has 2 aliphatic rings. The number of hydrogen-bond donors (Lipinski definition) is 1. The zero-order valence-electron chi connectivity index (χ0n) is 6.29. The summed E-state index contributed by atoms with van der Waals surface area (Å²) in [6, 6.07) is 0. The summed E-state index contributed by atoms with van der Waals surface area (Å²) in [5.41, 5.74) is 0. The Kier molecular flexibility index (Phi) is 1.66. The highest BCUT2D eigenvalue weighted by Gasteiger charge is 2.29. The third-order valence-corrected chi connectivity index (χ3v) is 2.81. The average Bonchev–Trinajstić information content (AvgIpc) is 1.99. The second-order valence-corrected chi connectivity index (χ2v) is 3.56. The van der Waals surface area contributed by atoms with Crippen molar-refractivity contribution in [1.29, 1.82) is 0 Å². The molecule has 0 radical (unpaired) electrons. The van der Waals surface area contributed by atoms with E-state index in [1.54, 1.807) is 0 Å². The van der Waals surface area contributed by atoms with Gasteiger partial charge in [-0.1, -0.05) is 0 Å².